The van der Waals surface area contributed by atoms with Crippen molar-refractivity contribution in [2.45, 2.75) is 20.0 Å². The Morgan fingerprint density at radius 2 is 2.45 bits per heavy atom. The van der Waals surface area contributed by atoms with Crippen LogP contribution in [0.2, 0.25) is 0 Å². The first-order valence-electron chi connectivity index (χ1n) is 3.17. The molecule has 0 amide bonds. The molecule has 1 aromatic heterocycles. The van der Waals surface area contributed by atoms with E-state index in [1.54, 1.807) is 6.92 Å². The van der Waals surface area contributed by atoms with Gasteiger partial charge in [-0.25, -0.2) is 0 Å². The monoisotopic (exact) mass is 153 g/mol. The van der Waals surface area contributed by atoms with Gasteiger partial charge in [0.05, 0.1) is 5.84 Å². The average molecular weight is 153 g/mol. The molecule has 6 nitrogen and oxygen atoms in total. The number of nitrogens with zero attached hydrogens (tertiary/aromatic N) is 4. The van der Waals surface area contributed by atoms with Crippen molar-refractivity contribution in [1.29, 1.82) is 5.41 Å². The largest absolute Gasteiger partial charge is 0.353 e. The second-order valence-corrected chi connectivity index (χ2v) is 2.17. The number of tetrazole rings is 1. The zero-order valence-corrected chi connectivity index (χ0v) is 6.37. The molecule has 1 heterocycles. The molecular weight excluding hydrogens is 144 g/mol. The molecule has 0 fully saturated rings. The van der Waals surface area contributed by atoms with E-state index in [0.29, 0.717) is 5.84 Å². The highest BCUT2D eigenvalue weighted by atomic mass is 15.6. The summed E-state index contributed by atoms with van der Waals surface area (Å²) in [5.41, 5.74) is 0. The van der Waals surface area contributed by atoms with Gasteiger partial charge < -0.3 is 5.32 Å². The molecule has 0 aliphatic carbocycles. The highest BCUT2D eigenvalue weighted by Gasteiger charge is 2.03. The van der Waals surface area contributed by atoms with Crippen LogP contribution >= 0.6 is 0 Å². The minimum absolute atomic E-state index is 0.123. The molecule has 1 unspecified atom stereocenters. The van der Waals surface area contributed by atoms with Crippen molar-refractivity contribution in [3.63, 3.8) is 0 Å². The third kappa shape index (κ3) is 1.99. The summed E-state index contributed by atoms with van der Waals surface area (Å²) in [5.74, 6) is 0.376. The molecule has 11 heavy (non-hydrogen) atoms. The molecule has 1 radical (unpaired) electrons. The lowest BCUT2D eigenvalue weighted by Crippen LogP contribution is -2.28. The first kappa shape index (κ1) is 7.64. The lowest BCUT2D eigenvalue weighted by Gasteiger charge is -2.11. The highest BCUT2D eigenvalue weighted by molar-refractivity contribution is 5.75. The van der Waals surface area contributed by atoms with Crippen molar-refractivity contribution in [2.75, 3.05) is 0 Å². The Balaban J connectivity index is 2.56. The SMILES string of the molecule is CC(=N)NC(C)n1[c]nnn1. The van der Waals surface area contributed by atoms with Crippen LogP contribution in [-0.2, 0) is 0 Å². The fourth-order valence-corrected chi connectivity index (χ4v) is 0.687. The van der Waals surface area contributed by atoms with E-state index < -0.39 is 0 Å². The Bertz CT molecular complexity index is 227. The van der Waals surface area contributed by atoms with E-state index in [4.69, 9.17) is 5.41 Å². The molecule has 0 aromatic carbocycles. The molecule has 1 rings (SSSR count). The Kier molecular flexibility index (Phi) is 2.15. The molecule has 59 valence electrons. The first-order valence-corrected chi connectivity index (χ1v) is 3.17. The van der Waals surface area contributed by atoms with Gasteiger partial charge in [-0.2, -0.15) is 4.68 Å². The maximum Gasteiger partial charge on any atom is 0.223 e. The summed E-state index contributed by atoms with van der Waals surface area (Å²) in [7, 11) is 0. The van der Waals surface area contributed by atoms with Crippen LogP contribution in [0.1, 0.15) is 20.0 Å². The van der Waals surface area contributed by atoms with Gasteiger partial charge in [-0.05, 0) is 24.3 Å². The maximum atomic E-state index is 7.12. The second-order valence-electron chi connectivity index (χ2n) is 2.17. The quantitative estimate of drug-likeness (QED) is 0.446. The summed E-state index contributed by atoms with van der Waals surface area (Å²) >= 11 is 0. The summed E-state index contributed by atoms with van der Waals surface area (Å²) in [6.07, 6.45) is 2.40. The molecule has 0 bridgehead atoms. The van der Waals surface area contributed by atoms with Crippen molar-refractivity contribution in [3.05, 3.63) is 6.33 Å². The van der Waals surface area contributed by atoms with Crippen LogP contribution in [-0.4, -0.2) is 26.0 Å². The minimum Gasteiger partial charge on any atom is -0.353 e. The van der Waals surface area contributed by atoms with Crippen LogP contribution in [0.5, 0.6) is 0 Å². The van der Waals surface area contributed by atoms with E-state index >= 15 is 0 Å². The van der Waals surface area contributed by atoms with Crippen LogP contribution in [0.15, 0.2) is 0 Å². The van der Waals surface area contributed by atoms with Crippen molar-refractivity contribution in [3.8, 4) is 0 Å². The Morgan fingerprint density at radius 3 is 2.91 bits per heavy atom. The fraction of sp³-hybridized carbons (Fsp3) is 0.600. The van der Waals surface area contributed by atoms with Crippen molar-refractivity contribution < 1.29 is 0 Å². The van der Waals surface area contributed by atoms with Crippen molar-refractivity contribution in [2.24, 2.45) is 0 Å². The molecular formula is C5H9N6. The van der Waals surface area contributed by atoms with Crippen LogP contribution in [0.4, 0.5) is 0 Å². The Labute approximate surface area is 64.1 Å². The molecule has 1 aromatic rings. The van der Waals surface area contributed by atoms with E-state index in [2.05, 4.69) is 27.2 Å². The number of rotatable bonds is 2. The summed E-state index contributed by atoms with van der Waals surface area (Å²) in [5, 5.41) is 20.3. The molecule has 2 N–H and O–H groups in total. The van der Waals surface area contributed by atoms with Gasteiger partial charge in [-0.3, -0.25) is 5.41 Å². The lowest BCUT2D eigenvalue weighted by atomic mass is 10.5. The molecule has 0 aliphatic heterocycles. The first-order chi connectivity index (χ1) is 5.20. The van der Waals surface area contributed by atoms with Gasteiger partial charge >= 0.3 is 0 Å². The van der Waals surface area contributed by atoms with Gasteiger partial charge in [0.1, 0.15) is 6.17 Å². The van der Waals surface area contributed by atoms with Gasteiger partial charge in [0, 0.05) is 0 Å². The number of nitrogens with one attached hydrogen (secondary N) is 2. The number of amidine groups is 1. The second kappa shape index (κ2) is 3.09. The molecule has 0 spiro atoms. The van der Waals surface area contributed by atoms with Gasteiger partial charge in [0.25, 0.3) is 0 Å². The van der Waals surface area contributed by atoms with Crippen molar-refractivity contribution >= 4 is 5.84 Å². The predicted octanol–water partition coefficient (Wildman–Crippen LogP) is -0.421. The smallest absolute Gasteiger partial charge is 0.223 e. The normalized spacial score (nSPS) is 12.5. The molecule has 0 saturated carbocycles. The molecule has 6 heteroatoms. The summed E-state index contributed by atoms with van der Waals surface area (Å²) in [6.45, 7) is 3.49. The number of hydrogen-bond donors (Lipinski definition) is 2. The average Bonchev–Trinajstić information content (AvgIpc) is 2.35. The number of aromatic nitrogens is 4. The van der Waals surface area contributed by atoms with Gasteiger partial charge in [0.2, 0.25) is 6.33 Å². The molecule has 0 aliphatic rings. The Hall–Kier alpha value is -1.46. The van der Waals surface area contributed by atoms with Crippen LogP contribution < -0.4 is 5.32 Å². The van der Waals surface area contributed by atoms with Gasteiger partial charge in [0.15, 0.2) is 0 Å². The maximum absolute atomic E-state index is 7.12. The van der Waals surface area contributed by atoms with Gasteiger partial charge in [-0.1, -0.05) is 0 Å². The predicted molar refractivity (Wildman–Crippen MR) is 37.9 cm³/mol. The van der Waals surface area contributed by atoms with E-state index in [-0.39, 0.29) is 6.17 Å². The minimum atomic E-state index is -0.123. The zero-order valence-electron chi connectivity index (χ0n) is 6.37. The summed E-state index contributed by atoms with van der Waals surface area (Å²) in [4.78, 5) is 0. The Morgan fingerprint density at radius 1 is 1.73 bits per heavy atom. The highest BCUT2D eigenvalue weighted by Crippen LogP contribution is 1.93. The van der Waals surface area contributed by atoms with Crippen molar-refractivity contribution in [1.82, 2.24) is 25.5 Å². The van der Waals surface area contributed by atoms with E-state index in [0.717, 1.165) is 0 Å². The fourth-order valence-electron chi connectivity index (χ4n) is 0.687. The third-order valence-corrected chi connectivity index (χ3v) is 1.12. The lowest BCUT2D eigenvalue weighted by molar-refractivity contribution is 0.446. The molecule has 1 atom stereocenters. The van der Waals surface area contributed by atoms with E-state index in [9.17, 15) is 0 Å². The standard InChI is InChI=1S/C5H9N6/c1-4(6)8-5(2)11-3-7-9-10-11/h5H,1-2H3,(H2,6,8). The zero-order chi connectivity index (χ0) is 8.27. The topological polar surface area (TPSA) is 79.5 Å². The van der Waals surface area contributed by atoms with Gasteiger partial charge in [-0.15, -0.1) is 5.10 Å². The van der Waals surface area contributed by atoms with Crippen LogP contribution in [0, 0.1) is 11.7 Å². The van der Waals surface area contributed by atoms with E-state index in [1.165, 1.54) is 4.68 Å². The number of hydrogen-bond acceptors (Lipinski definition) is 4. The van der Waals surface area contributed by atoms with Crippen LogP contribution in [0.3, 0.4) is 0 Å². The van der Waals surface area contributed by atoms with E-state index in [1.807, 2.05) is 6.92 Å². The summed E-state index contributed by atoms with van der Waals surface area (Å²) in [6, 6.07) is 0. The molecule has 0 saturated heterocycles. The van der Waals surface area contributed by atoms with Crippen LogP contribution in [0.25, 0.3) is 0 Å². The summed E-state index contributed by atoms with van der Waals surface area (Å²) < 4.78 is 1.41. The third-order valence-electron chi connectivity index (χ3n) is 1.12.